The van der Waals surface area contributed by atoms with E-state index < -0.39 is 22.0 Å². The van der Waals surface area contributed by atoms with Gasteiger partial charge >= 0.3 is 0 Å². The second-order valence-electron chi connectivity index (χ2n) is 11.6. The number of hydrogen-bond donors (Lipinski definition) is 2. The van der Waals surface area contributed by atoms with Crippen LogP contribution in [0, 0.1) is 53.3 Å². The quantitative estimate of drug-likeness (QED) is 0.372. The van der Waals surface area contributed by atoms with Crippen molar-refractivity contribution in [2.45, 2.75) is 79.1 Å². The van der Waals surface area contributed by atoms with E-state index in [2.05, 4.69) is 54.1 Å². The summed E-state index contributed by atoms with van der Waals surface area (Å²) in [5.74, 6) is 1.89. The Morgan fingerprint density at radius 3 is 1.62 bits per heavy atom. The highest BCUT2D eigenvalue weighted by Crippen LogP contribution is 2.47. The zero-order valence-electron chi connectivity index (χ0n) is 24.0. The van der Waals surface area contributed by atoms with Crippen LogP contribution in [0.5, 0.6) is 0 Å². The van der Waals surface area contributed by atoms with E-state index in [-0.39, 0.29) is 67.5 Å². The van der Waals surface area contributed by atoms with Crippen LogP contribution in [0.25, 0.3) is 0 Å². The fourth-order valence-corrected chi connectivity index (χ4v) is 8.43. The van der Waals surface area contributed by atoms with Crippen molar-refractivity contribution in [3.63, 3.8) is 0 Å². The number of aliphatic hydroxyl groups is 2. The molecule has 2 N–H and O–H groups in total. The zero-order valence-corrected chi connectivity index (χ0v) is 23.8. The van der Waals surface area contributed by atoms with Gasteiger partial charge in [0, 0.05) is 24.4 Å². The monoisotopic (exact) mass is 524 g/mol. The maximum Gasteiger partial charge on any atom is 0.116 e. The molecule has 0 heterocycles. The molecule has 14 atom stereocenters. The highest BCUT2D eigenvalue weighted by molar-refractivity contribution is 7.45. The first-order valence-corrected chi connectivity index (χ1v) is 15.8. The lowest BCUT2D eigenvalue weighted by Gasteiger charge is -2.28. The topological polar surface area (TPSA) is 77.4 Å². The lowest BCUT2D eigenvalue weighted by atomic mass is 9.99. The maximum absolute atomic E-state index is 10.5. The normalized spacial score (nSPS) is 49.4. The van der Waals surface area contributed by atoms with Gasteiger partial charge in [-0.1, -0.05) is 54.1 Å². The number of hydrogen-bond acceptors (Lipinski definition) is 6. The van der Waals surface area contributed by atoms with Crippen LogP contribution < -0.4 is 0 Å². The fraction of sp³-hybridized carbons (Fsp3) is 0.923. The van der Waals surface area contributed by atoms with E-state index >= 15 is 0 Å². The van der Waals surface area contributed by atoms with Gasteiger partial charge in [0.2, 0.25) is 0 Å². The van der Waals surface area contributed by atoms with Crippen molar-refractivity contribution < 1.29 is 28.3 Å². The molecule has 34 heavy (non-hydrogen) atoms. The Balaban J connectivity index is 1.57. The molecule has 0 aliphatic heterocycles. The van der Waals surface area contributed by atoms with Gasteiger partial charge in [0.15, 0.2) is 0 Å². The van der Waals surface area contributed by atoms with E-state index in [1.165, 1.54) is 0 Å². The Labute approximate surface area is 211 Å². The third-order valence-electron chi connectivity index (χ3n) is 9.28. The second-order valence-corrected chi connectivity index (χ2v) is 13.8. The minimum Gasteiger partial charge on any atom is -0.396 e. The third-order valence-corrected chi connectivity index (χ3v) is 11.1. The molecule has 8 heteroatoms. The summed E-state index contributed by atoms with van der Waals surface area (Å²) in [5, 5.41) is 20.3. The van der Waals surface area contributed by atoms with Crippen LogP contribution in [0.1, 0.15) is 60.8 Å². The Morgan fingerprint density at radius 2 is 1.15 bits per heavy atom. The fourth-order valence-electron chi connectivity index (χ4n) is 6.32. The van der Waals surface area contributed by atoms with Crippen molar-refractivity contribution in [3.8, 4) is 0 Å². The first-order chi connectivity index (χ1) is 16.7. The molecule has 0 amide bonds. The van der Waals surface area contributed by atoms with Gasteiger partial charge in [-0.25, -0.2) is 0 Å². The summed E-state index contributed by atoms with van der Waals surface area (Å²) < 4.78 is 41.7. The summed E-state index contributed by atoms with van der Waals surface area (Å²) in [6.45, 7) is 13.4. The molecule has 0 aromatic carbocycles. The zero-order chi connectivity index (χ0) is 27.0. The summed E-state index contributed by atoms with van der Waals surface area (Å²) in [7, 11) is -6.21. The van der Waals surface area contributed by atoms with E-state index in [1.54, 1.807) is 0 Å². The molecular weight excluding hydrogens is 470 g/mol. The van der Waals surface area contributed by atoms with Crippen molar-refractivity contribution in [2.24, 2.45) is 53.3 Å². The molecular formula is C26H50O6P2. The molecule has 3 rings (SSSR count). The van der Waals surface area contributed by atoms with Crippen molar-refractivity contribution in [3.05, 3.63) is 0 Å². The number of aliphatic hydroxyl groups excluding tert-OH is 2. The van der Waals surface area contributed by atoms with Gasteiger partial charge in [0.25, 0.3) is 0 Å². The Morgan fingerprint density at radius 1 is 0.735 bits per heavy atom. The van der Waals surface area contributed by atoms with Crippen molar-refractivity contribution in [1.82, 2.24) is 0 Å². The van der Waals surface area contributed by atoms with E-state index in [4.69, 9.17) is 20.7 Å². The van der Waals surface area contributed by atoms with Gasteiger partial charge in [-0.3, -0.25) is 0 Å². The molecule has 0 spiro atoms. The minimum atomic E-state index is -3.11. The first kappa shape index (κ1) is 26.0. The standard InChI is InChI=1S/C26H50O6P2/c1-15-10-22(24(28)18(15)4)13-29-33(7)32-26-20(6)17(3)11-23(26)14-30-34(8)31-25-19(5)16(2)9-21(25)12-27/h15-28,33-34H,7-14H2,1-6H3/i33T,34T. The van der Waals surface area contributed by atoms with Gasteiger partial charge in [0.05, 0.1) is 31.5 Å². The van der Waals surface area contributed by atoms with E-state index in [0.29, 0.717) is 17.8 Å². The summed E-state index contributed by atoms with van der Waals surface area (Å²) >= 11 is 0. The summed E-state index contributed by atoms with van der Waals surface area (Å²) in [6, 6.07) is 0. The predicted octanol–water partition coefficient (Wildman–Crippen LogP) is 4.97. The summed E-state index contributed by atoms with van der Waals surface area (Å²) in [4.78, 5) is 0. The molecule has 0 bridgehead atoms. The summed E-state index contributed by atoms with van der Waals surface area (Å²) in [5.41, 5.74) is 0. The van der Waals surface area contributed by atoms with E-state index in [9.17, 15) is 10.2 Å². The highest BCUT2D eigenvalue weighted by Gasteiger charge is 2.42. The molecule has 3 saturated carbocycles. The third kappa shape index (κ3) is 6.81. The average molecular weight is 525 g/mol. The molecule has 3 fully saturated rings. The van der Waals surface area contributed by atoms with Crippen LogP contribution >= 0.6 is 15.9 Å². The van der Waals surface area contributed by atoms with Crippen LogP contribution in [0.4, 0.5) is 0 Å². The Hall–Kier alpha value is 0.360. The van der Waals surface area contributed by atoms with Crippen LogP contribution in [0.3, 0.4) is 0 Å². The predicted molar refractivity (Wildman–Crippen MR) is 145 cm³/mol. The van der Waals surface area contributed by atoms with Crippen LogP contribution in [0.2, 0.25) is 0 Å². The van der Waals surface area contributed by atoms with Crippen LogP contribution in [-0.4, -0.2) is 63.5 Å². The Bertz CT molecular complexity index is 830. The molecule has 0 radical (unpaired) electrons. The average Bonchev–Trinajstić information content (AvgIpc) is 3.33. The molecule has 200 valence electrons. The largest absolute Gasteiger partial charge is 0.396 e. The van der Waals surface area contributed by atoms with E-state index in [1.807, 2.05) is 0 Å². The van der Waals surface area contributed by atoms with Crippen molar-refractivity contribution >= 4 is 28.5 Å². The lowest BCUT2D eigenvalue weighted by molar-refractivity contribution is 0.0554. The van der Waals surface area contributed by atoms with E-state index in [0.717, 1.165) is 19.3 Å². The van der Waals surface area contributed by atoms with Crippen LogP contribution in [0.15, 0.2) is 0 Å². The molecule has 0 aromatic heterocycles. The first-order valence-electron chi connectivity index (χ1n) is 14.0. The van der Waals surface area contributed by atoms with Crippen molar-refractivity contribution in [1.29, 1.82) is 2.56 Å². The van der Waals surface area contributed by atoms with Gasteiger partial charge in [-0.15, -0.1) is 0 Å². The molecule has 3 aliphatic carbocycles. The van der Waals surface area contributed by atoms with Gasteiger partial charge in [-0.05, 0) is 54.8 Å². The molecule has 14 unspecified atom stereocenters. The Kier molecular flexibility index (Phi) is 9.74. The van der Waals surface area contributed by atoms with Crippen LogP contribution in [-0.2, 0) is 18.1 Å². The summed E-state index contributed by atoms with van der Waals surface area (Å²) in [6.07, 6.45) is 9.67. The molecule has 3 aliphatic rings. The molecule has 6 nitrogen and oxygen atoms in total. The van der Waals surface area contributed by atoms with Crippen molar-refractivity contribution in [2.75, 3.05) is 19.8 Å². The lowest BCUT2D eigenvalue weighted by Crippen LogP contribution is -2.27. The van der Waals surface area contributed by atoms with Gasteiger partial charge in [-0.2, -0.15) is 0 Å². The number of rotatable bonds is 11. The molecule has 0 saturated heterocycles. The highest BCUT2D eigenvalue weighted by atomic mass is 31.1. The second kappa shape index (κ2) is 12.7. The molecule has 0 aromatic rings. The maximum atomic E-state index is 10.5. The smallest absolute Gasteiger partial charge is 0.116 e. The SMILES string of the molecule is [3H]P(=C)(OCC1CC(C)C(C)C1OP([3H])(=C)OCC1CC(C)C(C)C1O)OC1C(CO)CC(C)C1C. The minimum absolute atomic E-state index is 0.00428. The van der Waals surface area contributed by atoms with Gasteiger partial charge < -0.3 is 28.3 Å². The van der Waals surface area contributed by atoms with Gasteiger partial charge in [0.1, 0.15) is 18.4 Å².